The lowest BCUT2D eigenvalue weighted by atomic mass is 9.96. The van der Waals surface area contributed by atoms with Crippen molar-refractivity contribution < 1.29 is 5.11 Å². The predicted molar refractivity (Wildman–Crippen MR) is 97.2 cm³/mol. The van der Waals surface area contributed by atoms with E-state index in [1.165, 1.54) is 11.1 Å². The van der Waals surface area contributed by atoms with Crippen molar-refractivity contribution in [3.63, 3.8) is 0 Å². The summed E-state index contributed by atoms with van der Waals surface area (Å²) >= 11 is 0. The summed E-state index contributed by atoms with van der Waals surface area (Å²) in [7, 11) is 0. The molecule has 1 aromatic heterocycles. The molecule has 0 aliphatic carbocycles. The lowest BCUT2D eigenvalue weighted by Crippen LogP contribution is -2.31. The van der Waals surface area contributed by atoms with Crippen molar-refractivity contribution in [2.45, 2.75) is 52.3 Å². The van der Waals surface area contributed by atoms with Crippen molar-refractivity contribution in [2.24, 2.45) is 0 Å². The second-order valence-corrected chi connectivity index (χ2v) is 6.57. The van der Waals surface area contributed by atoms with E-state index < -0.39 is 6.10 Å². The molecular weight excluding hydrogens is 300 g/mol. The molecule has 0 amide bonds. The van der Waals surface area contributed by atoms with E-state index in [0.29, 0.717) is 12.0 Å². The van der Waals surface area contributed by atoms with Crippen LogP contribution in [0.3, 0.4) is 0 Å². The summed E-state index contributed by atoms with van der Waals surface area (Å²) < 4.78 is 0. The molecule has 0 bridgehead atoms. The smallest absolute Gasteiger partial charge is 0.224 e. The number of rotatable bonds is 5. The van der Waals surface area contributed by atoms with Crippen molar-refractivity contribution in [2.75, 3.05) is 16.8 Å². The number of nitrogens with one attached hydrogen (secondary N) is 1. The van der Waals surface area contributed by atoms with Gasteiger partial charge < -0.3 is 15.3 Å². The molecule has 0 saturated carbocycles. The van der Waals surface area contributed by atoms with Crippen LogP contribution in [-0.4, -0.2) is 27.7 Å². The highest BCUT2D eigenvalue weighted by atomic mass is 16.3. The van der Waals surface area contributed by atoms with Crippen LogP contribution in [0.4, 0.5) is 11.8 Å². The lowest BCUT2D eigenvalue weighted by molar-refractivity contribution is 0.199. The lowest BCUT2D eigenvalue weighted by Gasteiger charge is -2.30. The first-order chi connectivity index (χ1) is 11.6. The topological polar surface area (TPSA) is 61.3 Å². The number of nitrogens with zero attached hydrogens (tertiary/aromatic N) is 3. The molecule has 1 aromatic carbocycles. The molecule has 1 aliphatic rings. The fourth-order valence-electron chi connectivity index (χ4n) is 2.95. The number of aromatic nitrogens is 2. The Hall–Kier alpha value is -2.14. The summed E-state index contributed by atoms with van der Waals surface area (Å²) in [5.41, 5.74) is 3.63. The minimum atomic E-state index is -0.413. The zero-order valence-corrected chi connectivity index (χ0v) is 14.7. The maximum atomic E-state index is 9.74. The van der Waals surface area contributed by atoms with Crippen LogP contribution >= 0.6 is 0 Å². The molecule has 0 fully saturated rings. The largest absolute Gasteiger partial charge is 0.389 e. The molecule has 0 spiro atoms. The number of fused-ring (bicyclic) bond motifs is 1. The Bertz CT molecular complexity index is 702. The predicted octanol–water partition coefficient (Wildman–Crippen LogP) is 3.30. The highest BCUT2D eigenvalue weighted by molar-refractivity contribution is 5.47. The highest BCUT2D eigenvalue weighted by Crippen LogP contribution is 2.26. The molecule has 1 aliphatic heterocycles. The van der Waals surface area contributed by atoms with Gasteiger partial charge in [-0.3, -0.25) is 0 Å². The Morgan fingerprint density at radius 1 is 1.25 bits per heavy atom. The molecule has 5 heteroatoms. The van der Waals surface area contributed by atoms with E-state index in [2.05, 4.69) is 46.2 Å². The van der Waals surface area contributed by atoms with Gasteiger partial charge in [0.25, 0.3) is 0 Å². The third-order valence-electron chi connectivity index (χ3n) is 4.68. The maximum Gasteiger partial charge on any atom is 0.224 e. The van der Waals surface area contributed by atoms with E-state index in [0.717, 1.165) is 37.3 Å². The van der Waals surface area contributed by atoms with Gasteiger partial charge in [0.05, 0.1) is 6.10 Å². The summed E-state index contributed by atoms with van der Waals surface area (Å²) in [6.45, 7) is 7.85. The molecular formula is C19H26N4O. The second kappa shape index (κ2) is 7.18. The van der Waals surface area contributed by atoms with E-state index in [4.69, 9.17) is 0 Å². The Labute approximate surface area is 143 Å². The van der Waals surface area contributed by atoms with Crippen LogP contribution < -0.4 is 10.2 Å². The molecule has 2 aromatic rings. The Kier molecular flexibility index (Phi) is 5.00. The maximum absolute atomic E-state index is 9.74. The minimum absolute atomic E-state index is 0.362. The minimum Gasteiger partial charge on any atom is -0.389 e. The van der Waals surface area contributed by atoms with Crippen LogP contribution in [0.5, 0.6) is 0 Å². The average molecular weight is 326 g/mol. The zero-order valence-electron chi connectivity index (χ0n) is 14.7. The van der Waals surface area contributed by atoms with Gasteiger partial charge in [-0.05, 0) is 49.4 Å². The number of anilines is 2. The number of aliphatic hydroxyl groups excluding tert-OH is 1. The molecule has 0 saturated heterocycles. The Morgan fingerprint density at radius 3 is 2.83 bits per heavy atom. The van der Waals surface area contributed by atoms with Crippen LogP contribution in [0.1, 0.15) is 50.0 Å². The number of benzene rings is 1. The summed E-state index contributed by atoms with van der Waals surface area (Å²) in [6.07, 6.45) is 3.41. The van der Waals surface area contributed by atoms with Crippen LogP contribution in [0, 0.1) is 0 Å². The van der Waals surface area contributed by atoms with Crippen molar-refractivity contribution in [1.29, 1.82) is 0 Å². The summed E-state index contributed by atoms with van der Waals surface area (Å²) in [6, 6.07) is 8.61. The van der Waals surface area contributed by atoms with Gasteiger partial charge in [0.1, 0.15) is 5.82 Å². The first kappa shape index (κ1) is 16.7. The number of hydrogen-bond acceptors (Lipinski definition) is 5. The average Bonchev–Trinajstić information content (AvgIpc) is 2.60. The number of hydrogen-bond donors (Lipinski definition) is 2. The van der Waals surface area contributed by atoms with Gasteiger partial charge in [0.15, 0.2) is 0 Å². The third-order valence-corrected chi connectivity index (χ3v) is 4.68. The van der Waals surface area contributed by atoms with E-state index in [1.54, 1.807) is 0 Å². The van der Waals surface area contributed by atoms with Gasteiger partial charge in [-0.25, -0.2) is 4.98 Å². The van der Waals surface area contributed by atoms with Crippen LogP contribution in [0.2, 0.25) is 0 Å². The van der Waals surface area contributed by atoms with E-state index in [-0.39, 0.29) is 0 Å². The molecule has 5 nitrogen and oxygen atoms in total. The van der Waals surface area contributed by atoms with Crippen molar-refractivity contribution in [3.8, 4) is 0 Å². The van der Waals surface area contributed by atoms with Crippen molar-refractivity contribution in [1.82, 2.24) is 9.97 Å². The summed E-state index contributed by atoms with van der Waals surface area (Å²) in [4.78, 5) is 11.3. The molecule has 2 N–H and O–H groups in total. The van der Waals surface area contributed by atoms with Crippen molar-refractivity contribution in [3.05, 3.63) is 47.2 Å². The summed E-state index contributed by atoms with van der Waals surface area (Å²) in [5.74, 6) is 1.65. The van der Waals surface area contributed by atoms with Crippen LogP contribution in [0.25, 0.3) is 0 Å². The van der Waals surface area contributed by atoms with Gasteiger partial charge in [-0.15, -0.1) is 0 Å². The standard InChI is InChI=1S/C19H26N4O/c1-4-13(2)21-19-20-9-7-18(22-19)23-10-8-16-11-15(14(3)24)5-6-17(16)12-23/h5-7,9,11,13-14,24H,4,8,10,12H2,1-3H3,(H,20,21,22)/t13-,14-/m0/s1. The molecule has 0 radical (unpaired) electrons. The van der Waals surface area contributed by atoms with Gasteiger partial charge in [-0.1, -0.05) is 25.1 Å². The molecule has 2 heterocycles. The molecule has 24 heavy (non-hydrogen) atoms. The summed E-state index contributed by atoms with van der Waals surface area (Å²) in [5, 5.41) is 13.1. The monoisotopic (exact) mass is 326 g/mol. The van der Waals surface area contributed by atoms with E-state index in [9.17, 15) is 5.11 Å². The fraction of sp³-hybridized carbons (Fsp3) is 0.474. The highest BCUT2D eigenvalue weighted by Gasteiger charge is 2.19. The molecule has 2 atom stereocenters. The number of aliphatic hydroxyl groups is 1. The Balaban J connectivity index is 1.77. The first-order valence-electron chi connectivity index (χ1n) is 8.71. The second-order valence-electron chi connectivity index (χ2n) is 6.57. The van der Waals surface area contributed by atoms with Crippen LogP contribution in [-0.2, 0) is 13.0 Å². The van der Waals surface area contributed by atoms with Gasteiger partial charge in [0.2, 0.25) is 5.95 Å². The molecule has 128 valence electrons. The van der Waals surface area contributed by atoms with Gasteiger partial charge >= 0.3 is 0 Å². The zero-order chi connectivity index (χ0) is 17.1. The first-order valence-corrected chi connectivity index (χ1v) is 8.71. The van der Waals surface area contributed by atoms with E-state index >= 15 is 0 Å². The Morgan fingerprint density at radius 2 is 2.08 bits per heavy atom. The molecule has 3 rings (SSSR count). The van der Waals surface area contributed by atoms with E-state index in [1.807, 2.05) is 25.3 Å². The third kappa shape index (κ3) is 3.67. The van der Waals surface area contributed by atoms with Gasteiger partial charge in [-0.2, -0.15) is 4.98 Å². The SMILES string of the molecule is CC[C@H](C)Nc1nccc(N2CCc3cc([C@H](C)O)ccc3C2)n1. The van der Waals surface area contributed by atoms with Crippen LogP contribution in [0.15, 0.2) is 30.5 Å². The fourth-order valence-corrected chi connectivity index (χ4v) is 2.95. The quantitative estimate of drug-likeness (QED) is 0.883. The van der Waals surface area contributed by atoms with Gasteiger partial charge in [0, 0.05) is 25.3 Å². The van der Waals surface area contributed by atoms with Crippen molar-refractivity contribution >= 4 is 11.8 Å². The molecule has 0 unspecified atom stereocenters. The normalized spacial score (nSPS) is 16.4.